The van der Waals surface area contributed by atoms with Gasteiger partial charge in [0.25, 0.3) is 5.91 Å². The van der Waals surface area contributed by atoms with E-state index in [-0.39, 0.29) is 17.6 Å². The van der Waals surface area contributed by atoms with Gasteiger partial charge in [-0.1, -0.05) is 12.1 Å². The normalized spacial score (nSPS) is 12.0. The van der Waals surface area contributed by atoms with E-state index < -0.39 is 4.92 Å². The molecule has 0 spiro atoms. The molecule has 0 saturated carbocycles. The van der Waals surface area contributed by atoms with Gasteiger partial charge in [0.15, 0.2) is 0 Å². The Kier molecular flexibility index (Phi) is 5.87. The summed E-state index contributed by atoms with van der Waals surface area (Å²) in [6, 6.07) is 7.35. The third-order valence-corrected chi connectivity index (χ3v) is 4.14. The molecule has 0 saturated heterocycles. The van der Waals surface area contributed by atoms with Gasteiger partial charge in [0.2, 0.25) is 0 Å². The molecule has 1 aromatic heterocycles. The summed E-state index contributed by atoms with van der Waals surface area (Å²) < 4.78 is 1.61. The Hall–Kier alpha value is -2.74. The van der Waals surface area contributed by atoms with Crippen LogP contribution in [0.4, 0.5) is 5.69 Å². The van der Waals surface area contributed by atoms with Crippen LogP contribution in [0.15, 0.2) is 24.3 Å². The maximum atomic E-state index is 12.1. The molecule has 0 aliphatic heterocycles. The predicted octanol–water partition coefficient (Wildman–Crippen LogP) is 1.79. The van der Waals surface area contributed by atoms with Crippen molar-refractivity contribution >= 4 is 11.6 Å². The van der Waals surface area contributed by atoms with Crippen LogP contribution in [0.5, 0.6) is 0 Å². The molecule has 134 valence electrons. The average molecular weight is 345 g/mol. The number of rotatable bonds is 7. The Labute approximate surface area is 146 Å². The highest BCUT2D eigenvalue weighted by molar-refractivity contribution is 5.94. The number of hydrogen-bond donors (Lipinski definition) is 2. The van der Waals surface area contributed by atoms with Crippen molar-refractivity contribution in [2.75, 3.05) is 13.6 Å². The van der Waals surface area contributed by atoms with E-state index >= 15 is 0 Å². The van der Waals surface area contributed by atoms with Gasteiger partial charge in [-0.3, -0.25) is 19.6 Å². The molecule has 2 rings (SSSR count). The molecular weight excluding hydrogens is 322 g/mol. The van der Waals surface area contributed by atoms with E-state index in [9.17, 15) is 14.9 Å². The van der Waals surface area contributed by atoms with Gasteiger partial charge in [0.1, 0.15) is 11.4 Å². The molecule has 0 aliphatic carbocycles. The fourth-order valence-corrected chi connectivity index (χ4v) is 2.49. The highest BCUT2D eigenvalue weighted by Crippen LogP contribution is 2.22. The zero-order chi connectivity index (χ0) is 18.6. The van der Waals surface area contributed by atoms with Crippen LogP contribution in [0, 0.1) is 24.0 Å². The van der Waals surface area contributed by atoms with Crippen molar-refractivity contribution in [2.24, 2.45) is 0 Å². The first-order valence-electron chi connectivity index (χ1n) is 8.06. The summed E-state index contributed by atoms with van der Waals surface area (Å²) >= 11 is 0. The highest BCUT2D eigenvalue weighted by Gasteiger charge is 2.21. The maximum Gasteiger partial charge on any atom is 0.312 e. The summed E-state index contributed by atoms with van der Waals surface area (Å²) in [7, 11) is 1.84. The summed E-state index contributed by atoms with van der Waals surface area (Å²) in [5.74, 6) is -0.129. The number of aryl methyl sites for hydroxylation is 1. The molecule has 8 heteroatoms. The molecule has 1 amide bonds. The largest absolute Gasteiger partial charge is 0.350 e. The van der Waals surface area contributed by atoms with Crippen LogP contribution >= 0.6 is 0 Å². The highest BCUT2D eigenvalue weighted by atomic mass is 16.6. The first-order chi connectivity index (χ1) is 11.8. The number of hydrogen-bond acceptors (Lipinski definition) is 5. The zero-order valence-electron chi connectivity index (χ0n) is 14.9. The molecule has 1 atom stereocenters. The summed E-state index contributed by atoms with van der Waals surface area (Å²) in [6.45, 7) is 6.26. The molecular formula is C17H23N5O3. The molecule has 2 aromatic rings. The van der Waals surface area contributed by atoms with Crippen molar-refractivity contribution in [3.63, 3.8) is 0 Å². The third-order valence-electron chi connectivity index (χ3n) is 4.14. The Bertz CT molecular complexity index is 767. The summed E-state index contributed by atoms with van der Waals surface area (Å²) in [5.41, 5.74) is 2.46. The van der Waals surface area contributed by atoms with Gasteiger partial charge in [-0.2, -0.15) is 5.10 Å². The van der Waals surface area contributed by atoms with E-state index in [0.717, 1.165) is 5.56 Å². The van der Waals surface area contributed by atoms with Gasteiger partial charge < -0.3 is 10.6 Å². The van der Waals surface area contributed by atoms with E-state index in [4.69, 9.17) is 0 Å². The molecule has 1 aromatic carbocycles. The number of nitro groups is 1. The molecule has 2 N–H and O–H groups in total. The Balaban J connectivity index is 2.07. The maximum absolute atomic E-state index is 12.1. The number of amides is 1. The minimum Gasteiger partial charge on any atom is -0.350 e. The van der Waals surface area contributed by atoms with E-state index in [1.165, 1.54) is 0 Å². The zero-order valence-corrected chi connectivity index (χ0v) is 14.9. The molecule has 0 aliphatic rings. The minimum absolute atomic E-state index is 0.0506. The number of aromatic nitrogens is 2. The lowest BCUT2D eigenvalue weighted by atomic mass is 10.1. The number of carbonyl (C=O) groups is 1. The molecule has 25 heavy (non-hydrogen) atoms. The smallest absolute Gasteiger partial charge is 0.312 e. The number of nitrogens with one attached hydrogen (secondary N) is 2. The van der Waals surface area contributed by atoms with Gasteiger partial charge in [0.05, 0.1) is 11.5 Å². The lowest BCUT2D eigenvalue weighted by Crippen LogP contribution is -2.37. The van der Waals surface area contributed by atoms with Gasteiger partial charge in [-0.05, 0) is 45.5 Å². The third kappa shape index (κ3) is 4.42. The molecule has 1 heterocycles. The van der Waals surface area contributed by atoms with E-state index in [0.29, 0.717) is 30.0 Å². The number of likely N-dealkylation sites (N-methyl/N-ethyl adjacent to an activating group) is 1. The Morgan fingerprint density at radius 3 is 2.48 bits per heavy atom. The summed E-state index contributed by atoms with van der Waals surface area (Å²) in [5, 5.41) is 21.2. The van der Waals surface area contributed by atoms with Gasteiger partial charge >= 0.3 is 5.69 Å². The topological polar surface area (TPSA) is 102 Å². The molecule has 1 unspecified atom stereocenters. The van der Waals surface area contributed by atoms with E-state index in [2.05, 4.69) is 15.7 Å². The van der Waals surface area contributed by atoms with Crippen LogP contribution in [0.1, 0.15) is 34.2 Å². The average Bonchev–Trinajstić information content (AvgIpc) is 2.86. The van der Waals surface area contributed by atoms with Crippen molar-refractivity contribution in [2.45, 2.75) is 33.4 Å². The van der Waals surface area contributed by atoms with Gasteiger partial charge in [0, 0.05) is 18.2 Å². The van der Waals surface area contributed by atoms with Crippen molar-refractivity contribution in [1.29, 1.82) is 0 Å². The lowest BCUT2D eigenvalue weighted by molar-refractivity contribution is -0.386. The van der Waals surface area contributed by atoms with E-state index in [1.807, 2.05) is 26.1 Å². The van der Waals surface area contributed by atoms with Crippen molar-refractivity contribution in [3.05, 3.63) is 56.9 Å². The quantitative estimate of drug-likeness (QED) is 0.588. The first-order valence-corrected chi connectivity index (χ1v) is 8.06. The van der Waals surface area contributed by atoms with E-state index in [1.54, 1.807) is 30.7 Å². The lowest BCUT2D eigenvalue weighted by Gasteiger charge is -2.11. The van der Waals surface area contributed by atoms with Crippen LogP contribution < -0.4 is 10.6 Å². The van der Waals surface area contributed by atoms with Crippen LogP contribution in [0.3, 0.4) is 0 Å². The predicted molar refractivity (Wildman–Crippen MR) is 94.8 cm³/mol. The first kappa shape index (κ1) is 18.6. The summed E-state index contributed by atoms with van der Waals surface area (Å²) in [4.78, 5) is 22.7. The second-order valence-electron chi connectivity index (χ2n) is 6.03. The standard InChI is InChI=1S/C17H23N5O3/c1-11(18-4)9-19-17(23)15-7-5-14(6-8-15)10-21-13(3)16(22(24)25)12(2)20-21/h5-8,11,18H,9-10H2,1-4H3,(H,19,23). The van der Waals surface area contributed by atoms with Crippen LogP contribution in [0.25, 0.3) is 0 Å². The van der Waals surface area contributed by atoms with Crippen LogP contribution in [-0.2, 0) is 6.54 Å². The molecule has 8 nitrogen and oxygen atoms in total. The van der Waals surface area contributed by atoms with Crippen molar-refractivity contribution in [1.82, 2.24) is 20.4 Å². The Morgan fingerprint density at radius 1 is 1.32 bits per heavy atom. The summed E-state index contributed by atoms with van der Waals surface area (Å²) in [6.07, 6.45) is 0. The SMILES string of the molecule is CNC(C)CNC(=O)c1ccc(Cn2nc(C)c([N+](=O)[O-])c2C)cc1. The second-order valence-corrected chi connectivity index (χ2v) is 6.03. The minimum atomic E-state index is -0.409. The fraction of sp³-hybridized carbons (Fsp3) is 0.412. The number of nitrogens with zero attached hydrogens (tertiary/aromatic N) is 3. The Morgan fingerprint density at radius 2 is 1.96 bits per heavy atom. The van der Waals surface area contributed by atoms with Crippen LogP contribution in [-0.4, -0.2) is 40.2 Å². The van der Waals surface area contributed by atoms with Crippen molar-refractivity contribution in [3.8, 4) is 0 Å². The van der Waals surface area contributed by atoms with Gasteiger partial charge in [-0.25, -0.2) is 0 Å². The van der Waals surface area contributed by atoms with Crippen LogP contribution in [0.2, 0.25) is 0 Å². The molecule has 0 fully saturated rings. The monoisotopic (exact) mass is 345 g/mol. The van der Waals surface area contributed by atoms with Gasteiger partial charge in [-0.15, -0.1) is 0 Å². The second kappa shape index (κ2) is 7.89. The number of benzene rings is 1. The fourth-order valence-electron chi connectivity index (χ4n) is 2.49. The number of carbonyl (C=O) groups excluding carboxylic acids is 1. The molecule has 0 bridgehead atoms. The van der Waals surface area contributed by atoms with Crippen molar-refractivity contribution < 1.29 is 9.72 Å². The molecule has 0 radical (unpaired) electrons.